The quantitative estimate of drug-likeness (QED) is 0.828. The normalized spacial score (nSPS) is 10.7. The van der Waals surface area contributed by atoms with E-state index in [2.05, 4.69) is 66.5 Å². The molecule has 0 amide bonds. The van der Waals surface area contributed by atoms with E-state index in [0.29, 0.717) is 5.92 Å². The van der Waals surface area contributed by atoms with Crippen molar-refractivity contribution in [3.8, 4) is 0 Å². The van der Waals surface area contributed by atoms with Gasteiger partial charge >= 0.3 is 0 Å². The Bertz CT molecular complexity index is 593. The largest absolute Gasteiger partial charge is 0.370 e. The molecule has 1 aromatic carbocycles. The highest BCUT2D eigenvalue weighted by molar-refractivity contribution is 5.67. The van der Waals surface area contributed by atoms with Gasteiger partial charge < -0.3 is 10.6 Å². The number of rotatable bonds is 6. The molecule has 0 bridgehead atoms. The minimum absolute atomic E-state index is 0.344. The van der Waals surface area contributed by atoms with Crippen LogP contribution in [0.2, 0.25) is 0 Å². The monoisotopic (exact) mass is 284 g/mol. The van der Waals surface area contributed by atoms with Crippen molar-refractivity contribution in [2.75, 3.05) is 17.2 Å². The van der Waals surface area contributed by atoms with E-state index in [-0.39, 0.29) is 0 Å². The van der Waals surface area contributed by atoms with Crippen LogP contribution in [-0.2, 0) is 6.42 Å². The van der Waals surface area contributed by atoms with E-state index in [9.17, 15) is 0 Å². The number of aromatic nitrogens is 2. The SMILES string of the molecule is CCNc1ncnc(Nc2ccccc2CC)c1C(C)C. The summed E-state index contributed by atoms with van der Waals surface area (Å²) in [4.78, 5) is 8.82. The molecule has 0 fully saturated rings. The van der Waals surface area contributed by atoms with Crippen LogP contribution in [0.4, 0.5) is 17.3 Å². The Labute approximate surface area is 127 Å². The van der Waals surface area contributed by atoms with Gasteiger partial charge in [-0.05, 0) is 30.9 Å². The van der Waals surface area contributed by atoms with E-state index in [4.69, 9.17) is 0 Å². The molecule has 0 atom stereocenters. The van der Waals surface area contributed by atoms with Crippen molar-refractivity contribution >= 4 is 17.3 Å². The molecule has 2 aromatic rings. The van der Waals surface area contributed by atoms with Crippen molar-refractivity contribution in [3.63, 3.8) is 0 Å². The van der Waals surface area contributed by atoms with E-state index in [1.165, 1.54) is 5.56 Å². The summed E-state index contributed by atoms with van der Waals surface area (Å²) < 4.78 is 0. The first kappa shape index (κ1) is 15.3. The van der Waals surface area contributed by atoms with E-state index in [1.54, 1.807) is 6.33 Å². The fraction of sp³-hybridized carbons (Fsp3) is 0.412. The van der Waals surface area contributed by atoms with Crippen LogP contribution in [0.1, 0.15) is 44.7 Å². The molecule has 0 aliphatic rings. The van der Waals surface area contributed by atoms with Gasteiger partial charge in [-0.25, -0.2) is 9.97 Å². The third-order valence-electron chi connectivity index (χ3n) is 3.46. The topological polar surface area (TPSA) is 49.8 Å². The molecule has 2 rings (SSSR count). The molecule has 4 nitrogen and oxygen atoms in total. The van der Waals surface area contributed by atoms with Gasteiger partial charge in [0.05, 0.1) is 0 Å². The van der Waals surface area contributed by atoms with Crippen molar-refractivity contribution < 1.29 is 0 Å². The van der Waals surface area contributed by atoms with E-state index in [1.807, 2.05) is 6.07 Å². The molecule has 0 spiro atoms. The summed E-state index contributed by atoms with van der Waals surface area (Å²) in [5.74, 6) is 2.15. The smallest absolute Gasteiger partial charge is 0.139 e. The van der Waals surface area contributed by atoms with Gasteiger partial charge in [0, 0.05) is 17.8 Å². The first-order valence-corrected chi connectivity index (χ1v) is 7.61. The molecule has 0 radical (unpaired) electrons. The molecule has 0 aliphatic heterocycles. The first-order chi connectivity index (χ1) is 10.2. The molecule has 0 saturated carbocycles. The van der Waals surface area contributed by atoms with E-state index in [0.717, 1.165) is 35.9 Å². The van der Waals surface area contributed by atoms with Crippen molar-refractivity contribution in [3.05, 3.63) is 41.7 Å². The summed E-state index contributed by atoms with van der Waals surface area (Å²) >= 11 is 0. The maximum Gasteiger partial charge on any atom is 0.139 e. The van der Waals surface area contributed by atoms with Crippen molar-refractivity contribution in [2.45, 2.75) is 40.0 Å². The number of hydrogen-bond acceptors (Lipinski definition) is 4. The van der Waals surface area contributed by atoms with Crippen LogP contribution in [0.5, 0.6) is 0 Å². The lowest BCUT2D eigenvalue weighted by Gasteiger charge is -2.18. The van der Waals surface area contributed by atoms with Crippen molar-refractivity contribution in [1.29, 1.82) is 0 Å². The highest BCUT2D eigenvalue weighted by Crippen LogP contribution is 2.31. The predicted molar refractivity (Wildman–Crippen MR) is 89.4 cm³/mol. The Morgan fingerprint density at radius 3 is 2.43 bits per heavy atom. The third-order valence-corrected chi connectivity index (χ3v) is 3.46. The lowest BCUT2D eigenvalue weighted by molar-refractivity contribution is 0.849. The zero-order chi connectivity index (χ0) is 15.2. The maximum atomic E-state index is 4.45. The summed E-state index contributed by atoms with van der Waals surface area (Å²) in [5, 5.41) is 6.80. The van der Waals surface area contributed by atoms with Gasteiger partial charge in [-0.3, -0.25) is 0 Å². The minimum Gasteiger partial charge on any atom is -0.370 e. The second-order valence-electron chi connectivity index (χ2n) is 5.31. The number of aryl methyl sites for hydroxylation is 1. The van der Waals surface area contributed by atoms with Crippen LogP contribution in [0.3, 0.4) is 0 Å². The van der Waals surface area contributed by atoms with Crippen molar-refractivity contribution in [2.24, 2.45) is 0 Å². The predicted octanol–water partition coefficient (Wildman–Crippen LogP) is 4.34. The molecule has 0 aliphatic carbocycles. The summed E-state index contributed by atoms with van der Waals surface area (Å²) in [6.07, 6.45) is 2.60. The Morgan fingerprint density at radius 2 is 1.76 bits per heavy atom. The summed E-state index contributed by atoms with van der Waals surface area (Å²) in [5.41, 5.74) is 3.53. The molecule has 1 heterocycles. The molecule has 1 aromatic heterocycles. The standard InChI is InChI=1S/C17H24N4/c1-5-13-9-7-8-10-14(13)21-17-15(12(3)4)16(18-6-2)19-11-20-17/h7-12H,5-6H2,1-4H3,(H2,18,19,20,21). The van der Waals surface area contributed by atoms with Gasteiger partial charge in [0.25, 0.3) is 0 Å². The number of anilines is 3. The van der Waals surface area contributed by atoms with Crippen LogP contribution in [-0.4, -0.2) is 16.5 Å². The zero-order valence-electron chi connectivity index (χ0n) is 13.3. The second-order valence-corrected chi connectivity index (χ2v) is 5.31. The molecule has 4 heteroatoms. The van der Waals surface area contributed by atoms with Gasteiger partial charge in [-0.1, -0.05) is 39.0 Å². The van der Waals surface area contributed by atoms with Crippen LogP contribution >= 0.6 is 0 Å². The molecular weight excluding hydrogens is 260 g/mol. The van der Waals surface area contributed by atoms with Crippen LogP contribution in [0.15, 0.2) is 30.6 Å². The maximum absolute atomic E-state index is 4.45. The number of nitrogens with zero attached hydrogens (tertiary/aromatic N) is 2. The van der Waals surface area contributed by atoms with Crippen molar-refractivity contribution in [1.82, 2.24) is 9.97 Å². The molecule has 0 saturated heterocycles. The highest BCUT2D eigenvalue weighted by Gasteiger charge is 2.15. The Kier molecular flexibility index (Phi) is 5.14. The Balaban J connectivity index is 2.41. The molecule has 21 heavy (non-hydrogen) atoms. The lowest BCUT2D eigenvalue weighted by Crippen LogP contribution is -2.09. The van der Waals surface area contributed by atoms with Gasteiger partial charge in [0.15, 0.2) is 0 Å². The summed E-state index contributed by atoms with van der Waals surface area (Å²) in [6, 6.07) is 8.35. The van der Waals surface area contributed by atoms with Gasteiger partial charge in [0.2, 0.25) is 0 Å². The van der Waals surface area contributed by atoms with Crippen LogP contribution in [0, 0.1) is 0 Å². The molecule has 0 unspecified atom stereocenters. The number of para-hydroxylation sites is 1. The average Bonchev–Trinajstić information content (AvgIpc) is 2.48. The molecule has 2 N–H and O–H groups in total. The minimum atomic E-state index is 0.344. The van der Waals surface area contributed by atoms with Gasteiger partial charge in [-0.2, -0.15) is 0 Å². The van der Waals surface area contributed by atoms with E-state index >= 15 is 0 Å². The number of hydrogen-bond donors (Lipinski definition) is 2. The summed E-state index contributed by atoms with van der Waals surface area (Å²) in [6.45, 7) is 9.41. The van der Waals surface area contributed by atoms with Gasteiger partial charge in [-0.15, -0.1) is 0 Å². The van der Waals surface area contributed by atoms with Crippen LogP contribution < -0.4 is 10.6 Å². The summed E-state index contributed by atoms with van der Waals surface area (Å²) in [7, 11) is 0. The lowest BCUT2D eigenvalue weighted by atomic mass is 10.0. The molecular formula is C17H24N4. The van der Waals surface area contributed by atoms with Gasteiger partial charge in [0.1, 0.15) is 18.0 Å². The molecule has 112 valence electrons. The second kappa shape index (κ2) is 7.07. The average molecular weight is 284 g/mol. The first-order valence-electron chi connectivity index (χ1n) is 7.61. The third kappa shape index (κ3) is 3.51. The highest BCUT2D eigenvalue weighted by atomic mass is 15.1. The fourth-order valence-electron chi connectivity index (χ4n) is 2.43. The number of nitrogens with one attached hydrogen (secondary N) is 2. The fourth-order valence-corrected chi connectivity index (χ4v) is 2.43. The van der Waals surface area contributed by atoms with E-state index < -0.39 is 0 Å². The van der Waals surface area contributed by atoms with Crippen LogP contribution in [0.25, 0.3) is 0 Å². The number of benzene rings is 1. The zero-order valence-corrected chi connectivity index (χ0v) is 13.3. The Hall–Kier alpha value is -2.10. The Morgan fingerprint density at radius 1 is 1.05 bits per heavy atom.